The Morgan fingerprint density at radius 3 is 2.55 bits per heavy atom. The number of esters is 2. The van der Waals surface area contributed by atoms with Gasteiger partial charge in [-0.2, -0.15) is 4.98 Å². The van der Waals surface area contributed by atoms with Gasteiger partial charge in [-0.3, -0.25) is 19.0 Å². The molecule has 1 fully saturated rings. The molecule has 0 unspecified atom stereocenters. The highest BCUT2D eigenvalue weighted by molar-refractivity contribution is 6.04. The number of ether oxygens (including phenoxy) is 3. The maximum atomic E-state index is 12.9. The van der Waals surface area contributed by atoms with E-state index >= 15 is 0 Å². The molecule has 1 saturated heterocycles. The maximum absolute atomic E-state index is 12.9. The molecule has 1 aromatic heterocycles. The van der Waals surface area contributed by atoms with Crippen LogP contribution in [0.1, 0.15) is 55.8 Å². The first-order valence-corrected chi connectivity index (χ1v) is 10.7. The van der Waals surface area contributed by atoms with Crippen LogP contribution in [-0.4, -0.2) is 46.2 Å². The molecule has 2 aromatic rings. The molecule has 1 amide bonds. The van der Waals surface area contributed by atoms with E-state index in [0.29, 0.717) is 17.5 Å². The number of aryl methyl sites for hydroxylation is 1. The lowest BCUT2D eigenvalue weighted by Crippen LogP contribution is -2.35. The number of nitrogens with zero attached hydrogens (tertiary/aromatic N) is 2. The molecule has 176 valence electrons. The molecular formula is C23H27N3O7. The number of aromatic nitrogens is 2. The van der Waals surface area contributed by atoms with Gasteiger partial charge in [0.2, 0.25) is 0 Å². The Kier molecular flexibility index (Phi) is 7.94. The van der Waals surface area contributed by atoms with Gasteiger partial charge < -0.3 is 19.5 Å². The van der Waals surface area contributed by atoms with Crippen molar-refractivity contribution in [3.63, 3.8) is 0 Å². The van der Waals surface area contributed by atoms with Crippen molar-refractivity contribution in [2.24, 2.45) is 0 Å². The smallest absolute Gasteiger partial charge is 0.351 e. The van der Waals surface area contributed by atoms with Crippen LogP contribution in [-0.2, 0) is 30.2 Å². The van der Waals surface area contributed by atoms with Crippen molar-refractivity contribution in [2.75, 3.05) is 11.9 Å². The molecule has 0 spiro atoms. The van der Waals surface area contributed by atoms with Crippen LogP contribution >= 0.6 is 0 Å². The topological polar surface area (TPSA) is 126 Å². The molecule has 10 nitrogen and oxygen atoms in total. The Hall–Kier alpha value is -3.53. The number of rotatable bonds is 8. The van der Waals surface area contributed by atoms with Crippen LogP contribution in [0.3, 0.4) is 0 Å². The summed E-state index contributed by atoms with van der Waals surface area (Å²) in [6.45, 7) is 4.48. The number of benzene rings is 1. The predicted octanol–water partition coefficient (Wildman–Crippen LogP) is 2.23. The van der Waals surface area contributed by atoms with Crippen LogP contribution in [0.2, 0.25) is 0 Å². The van der Waals surface area contributed by atoms with Crippen LogP contribution < -0.4 is 11.0 Å². The molecule has 0 saturated carbocycles. The summed E-state index contributed by atoms with van der Waals surface area (Å²) in [5.74, 6) is -1.20. The van der Waals surface area contributed by atoms with E-state index in [-0.39, 0.29) is 24.8 Å². The predicted molar refractivity (Wildman–Crippen MR) is 118 cm³/mol. The molecular weight excluding hydrogens is 430 g/mol. The summed E-state index contributed by atoms with van der Waals surface area (Å²) >= 11 is 0. The third-order valence-electron chi connectivity index (χ3n) is 5.02. The van der Waals surface area contributed by atoms with Gasteiger partial charge in [-0.05, 0) is 18.6 Å². The molecule has 1 aliphatic heterocycles. The zero-order valence-corrected chi connectivity index (χ0v) is 18.8. The second kappa shape index (κ2) is 10.9. The minimum Gasteiger partial charge on any atom is -0.463 e. The molecule has 2 heterocycles. The second-order valence-electron chi connectivity index (χ2n) is 7.71. The lowest BCUT2D eigenvalue weighted by atomic mass is 10.1. The van der Waals surface area contributed by atoms with E-state index in [4.69, 9.17) is 14.2 Å². The number of nitrogens with one attached hydrogen (secondary N) is 1. The molecule has 3 atom stereocenters. The first kappa shape index (κ1) is 24.1. The zero-order chi connectivity index (χ0) is 24.0. The summed E-state index contributed by atoms with van der Waals surface area (Å²) in [6.07, 6.45) is 0.837. The first-order chi connectivity index (χ1) is 15.8. The van der Waals surface area contributed by atoms with Crippen molar-refractivity contribution >= 4 is 23.7 Å². The van der Waals surface area contributed by atoms with Crippen LogP contribution in [0.15, 0.2) is 41.3 Å². The van der Waals surface area contributed by atoms with E-state index in [2.05, 4.69) is 10.3 Å². The van der Waals surface area contributed by atoms with Crippen LogP contribution in [0, 0.1) is 0 Å². The van der Waals surface area contributed by atoms with Crippen molar-refractivity contribution in [3.8, 4) is 0 Å². The molecule has 10 heteroatoms. The fraction of sp³-hybridized carbons (Fsp3) is 0.435. The third kappa shape index (κ3) is 6.26. The number of hydrogen-bond acceptors (Lipinski definition) is 8. The number of anilines is 1. The Bertz CT molecular complexity index is 1070. The normalized spacial score (nSPS) is 19.7. The van der Waals surface area contributed by atoms with Crippen molar-refractivity contribution in [3.05, 3.63) is 58.1 Å². The molecule has 3 rings (SSSR count). The highest BCUT2D eigenvalue weighted by Crippen LogP contribution is 2.31. The van der Waals surface area contributed by atoms with Gasteiger partial charge in [0.15, 0.2) is 6.23 Å². The lowest BCUT2D eigenvalue weighted by molar-refractivity contribution is -0.153. The van der Waals surface area contributed by atoms with Crippen LogP contribution in [0.25, 0.3) is 0 Å². The van der Waals surface area contributed by atoms with E-state index < -0.39 is 36.1 Å². The Labute approximate surface area is 190 Å². The molecule has 0 bridgehead atoms. The summed E-state index contributed by atoms with van der Waals surface area (Å²) in [4.78, 5) is 52.3. The Morgan fingerprint density at radius 1 is 1.18 bits per heavy atom. The Morgan fingerprint density at radius 2 is 1.91 bits per heavy atom. The van der Waals surface area contributed by atoms with E-state index in [0.717, 1.165) is 6.42 Å². The van der Waals surface area contributed by atoms with Crippen molar-refractivity contribution in [1.29, 1.82) is 0 Å². The summed E-state index contributed by atoms with van der Waals surface area (Å²) in [5, 5.41) is 2.71. The van der Waals surface area contributed by atoms with Crippen LogP contribution in [0.4, 0.5) is 5.82 Å². The zero-order valence-electron chi connectivity index (χ0n) is 18.8. The molecule has 1 aromatic carbocycles. The van der Waals surface area contributed by atoms with Crippen molar-refractivity contribution in [1.82, 2.24) is 9.55 Å². The average molecular weight is 457 g/mol. The van der Waals surface area contributed by atoms with Crippen molar-refractivity contribution < 1.29 is 28.6 Å². The van der Waals surface area contributed by atoms with Gasteiger partial charge >= 0.3 is 17.6 Å². The first-order valence-electron chi connectivity index (χ1n) is 10.7. The van der Waals surface area contributed by atoms with Gasteiger partial charge in [-0.15, -0.1) is 0 Å². The largest absolute Gasteiger partial charge is 0.463 e. The molecule has 1 aliphatic rings. The maximum Gasteiger partial charge on any atom is 0.351 e. The van der Waals surface area contributed by atoms with E-state index in [1.54, 1.807) is 36.5 Å². The van der Waals surface area contributed by atoms with Gasteiger partial charge in [0.25, 0.3) is 5.91 Å². The number of carbonyl (C=O) groups is 3. The fourth-order valence-electron chi connectivity index (χ4n) is 3.62. The summed E-state index contributed by atoms with van der Waals surface area (Å²) in [5.41, 5.74) is 0.400. The standard InChI is InChI=1S/C23H27N3O7/c1-4-8-17-12-26(22-19(32-15(3)28)11-18(33-22)13-31-14(2)27)23(30)25-20(17)24-21(29)16-9-6-5-7-10-16/h5-7,9-10,12,18-19,22H,4,8,11,13H2,1-3H3,(H,24,25,29,30)/t18-,19+,22+/m0/s1. The molecule has 33 heavy (non-hydrogen) atoms. The van der Waals surface area contributed by atoms with E-state index in [1.807, 2.05) is 6.92 Å². The van der Waals surface area contributed by atoms with Gasteiger partial charge in [0.1, 0.15) is 18.5 Å². The lowest BCUT2D eigenvalue weighted by Gasteiger charge is -2.22. The Balaban J connectivity index is 1.90. The van der Waals surface area contributed by atoms with E-state index in [1.165, 1.54) is 18.4 Å². The molecule has 1 N–H and O–H groups in total. The molecule has 0 radical (unpaired) electrons. The average Bonchev–Trinajstić information content (AvgIpc) is 3.16. The van der Waals surface area contributed by atoms with E-state index in [9.17, 15) is 19.2 Å². The van der Waals surface area contributed by atoms with Crippen molar-refractivity contribution in [2.45, 2.75) is 58.5 Å². The number of carbonyl (C=O) groups excluding carboxylic acids is 3. The quantitative estimate of drug-likeness (QED) is 0.598. The minimum absolute atomic E-state index is 0.0290. The van der Waals surface area contributed by atoms with Gasteiger partial charge in [0.05, 0.1) is 6.10 Å². The van der Waals surface area contributed by atoms with Crippen LogP contribution in [0.5, 0.6) is 0 Å². The summed E-state index contributed by atoms with van der Waals surface area (Å²) in [7, 11) is 0. The second-order valence-corrected chi connectivity index (χ2v) is 7.71. The molecule has 0 aliphatic carbocycles. The highest BCUT2D eigenvalue weighted by atomic mass is 16.6. The minimum atomic E-state index is -0.941. The van der Waals surface area contributed by atoms with Gasteiger partial charge in [-0.1, -0.05) is 31.5 Å². The fourth-order valence-corrected chi connectivity index (χ4v) is 3.62. The summed E-state index contributed by atoms with van der Waals surface area (Å²) < 4.78 is 17.5. The van der Waals surface area contributed by atoms with Gasteiger partial charge in [0, 0.05) is 37.6 Å². The third-order valence-corrected chi connectivity index (χ3v) is 5.02. The highest BCUT2D eigenvalue weighted by Gasteiger charge is 2.40. The number of hydrogen-bond donors (Lipinski definition) is 1. The monoisotopic (exact) mass is 457 g/mol. The van der Waals surface area contributed by atoms with Gasteiger partial charge in [-0.25, -0.2) is 4.79 Å². The summed E-state index contributed by atoms with van der Waals surface area (Å²) in [6, 6.07) is 8.61. The number of amides is 1. The SMILES string of the molecule is CCCc1cn([C@@H]2O[C@H](COC(C)=O)C[C@H]2OC(C)=O)c(=O)nc1NC(=O)c1ccccc1.